The van der Waals surface area contributed by atoms with Crippen molar-refractivity contribution >= 4 is 23.3 Å². The number of carbonyl (C=O) groups excluding carboxylic acids is 3. The zero-order valence-electron chi connectivity index (χ0n) is 19.3. The number of ketones is 1. The number of anilines is 1. The van der Waals surface area contributed by atoms with Crippen molar-refractivity contribution in [1.29, 1.82) is 0 Å². The van der Waals surface area contributed by atoms with Crippen LogP contribution in [0.3, 0.4) is 0 Å². The topological polar surface area (TPSA) is 101 Å². The van der Waals surface area contributed by atoms with Crippen molar-refractivity contribution in [3.05, 3.63) is 71.4 Å². The number of nitrogens with one attached hydrogen (secondary N) is 2. The molecule has 34 heavy (non-hydrogen) atoms. The first kappa shape index (κ1) is 23.4. The second-order valence-corrected chi connectivity index (χ2v) is 8.63. The normalized spacial score (nSPS) is 13.9. The summed E-state index contributed by atoms with van der Waals surface area (Å²) >= 11 is 0. The molecule has 1 aliphatic rings. The molecule has 1 saturated carbocycles. The summed E-state index contributed by atoms with van der Waals surface area (Å²) in [5.41, 5.74) is 3.23. The minimum atomic E-state index is -0.347. The Morgan fingerprint density at radius 1 is 0.971 bits per heavy atom. The number of aromatic nitrogens is 1. The maximum atomic E-state index is 12.5. The Morgan fingerprint density at radius 2 is 1.68 bits per heavy atom. The lowest BCUT2D eigenvalue weighted by Gasteiger charge is -2.20. The van der Waals surface area contributed by atoms with Crippen LogP contribution >= 0.6 is 0 Å². The zero-order chi connectivity index (χ0) is 23.9. The van der Waals surface area contributed by atoms with Gasteiger partial charge in [0, 0.05) is 41.8 Å². The molecule has 0 saturated heterocycles. The number of amides is 2. The zero-order valence-corrected chi connectivity index (χ0v) is 19.3. The molecule has 2 aromatic carbocycles. The van der Waals surface area contributed by atoms with Gasteiger partial charge < -0.3 is 15.2 Å². The summed E-state index contributed by atoms with van der Waals surface area (Å²) in [6, 6.07) is 16.1. The average Bonchev–Trinajstić information content (AvgIpc) is 3.38. The molecule has 0 aliphatic heterocycles. The van der Waals surface area contributed by atoms with E-state index in [2.05, 4.69) is 15.8 Å². The molecule has 1 aliphatic carbocycles. The average molecular weight is 460 g/mol. The van der Waals surface area contributed by atoms with Gasteiger partial charge in [-0.2, -0.15) is 0 Å². The van der Waals surface area contributed by atoms with Crippen LogP contribution in [-0.4, -0.2) is 22.8 Å². The molecule has 2 N–H and O–H groups in total. The van der Waals surface area contributed by atoms with Gasteiger partial charge >= 0.3 is 0 Å². The van der Waals surface area contributed by atoms with E-state index in [1.54, 1.807) is 18.2 Å². The molecule has 176 valence electrons. The molecule has 0 spiro atoms. The molecule has 0 radical (unpaired) electrons. The molecular formula is C27H29N3O4. The van der Waals surface area contributed by atoms with Crippen LogP contribution in [0.4, 0.5) is 5.69 Å². The Morgan fingerprint density at radius 3 is 2.35 bits per heavy atom. The van der Waals surface area contributed by atoms with Gasteiger partial charge in [0.15, 0.2) is 17.2 Å². The molecule has 1 heterocycles. The second kappa shape index (κ2) is 10.9. The highest BCUT2D eigenvalue weighted by Crippen LogP contribution is 2.26. The fourth-order valence-electron chi connectivity index (χ4n) is 4.13. The summed E-state index contributed by atoms with van der Waals surface area (Å²) in [5.74, 6) is 0.390. The fraction of sp³-hybridized carbons (Fsp3) is 0.333. The predicted octanol–water partition coefficient (Wildman–Crippen LogP) is 5.38. The Hall–Kier alpha value is -3.74. The summed E-state index contributed by atoms with van der Waals surface area (Å²) in [6.07, 6.45) is 5.81. The third-order valence-electron chi connectivity index (χ3n) is 6.21. The molecule has 7 nitrogen and oxygen atoms in total. The highest BCUT2D eigenvalue weighted by molar-refractivity contribution is 5.96. The van der Waals surface area contributed by atoms with Crippen molar-refractivity contribution in [2.24, 2.45) is 5.92 Å². The minimum absolute atomic E-state index is 0.0812. The van der Waals surface area contributed by atoms with Gasteiger partial charge in [0.25, 0.3) is 5.91 Å². The maximum Gasteiger partial charge on any atom is 0.273 e. The number of hydrogen-bond donors (Lipinski definition) is 2. The lowest BCUT2D eigenvalue weighted by Crippen LogP contribution is -2.24. The van der Waals surface area contributed by atoms with E-state index in [0.717, 1.165) is 42.5 Å². The summed E-state index contributed by atoms with van der Waals surface area (Å²) in [6.45, 7) is 2.14. The third kappa shape index (κ3) is 5.78. The van der Waals surface area contributed by atoms with E-state index in [1.807, 2.05) is 43.3 Å². The Balaban J connectivity index is 1.32. The first-order valence-electron chi connectivity index (χ1n) is 11.8. The molecule has 0 bridgehead atoms. The second-order valence-electron chi connectivity index (χ2n) is 8.63. The first-order valence-corrected chi connectivity index (χ1v) is 11.8. The van der Waals surface area contributed by atoms with Gasteiger partial charge in [-0.15, -0.1) is 0 Å². The number of carbonyl (C=O) groups is 3. The molecule has 1 fully saturated rings. The van der Waals surface area contributed by atoms with E-state index in [0.29, 0.717) is 24.3 Å². The van der Waals surface area contributed by atoms with Crippen LogP contribution in [0.5, 0.6) is 0 Å². The molecular weight excluding hydrogens is 430 g/mol. The van der Waals surface area contributed by atoms with E-state index in [1.165, 1.54) is 6.42 Å². The van der Waals surface area contributed by atoms with E-state index in [9.17, 15) is 14.4 Å². The van der Waals surface area contributed by atoms with Gasteiger partial charge in [-0.3, -0.25) is 14.4 Å². The van der Waals surface area contributed by atoms with Crippen LogP contribution in [0.1, 0.15) is 71.9 Å². The van der Waals surface area contributed by atoms with Crippen molar-refractivity contribution in [1.82, 2.24) is 10.5 Å². The van der Waals surface area contributed by atoms with Crippen molar-refractivity contribution in [3.8, 4) is 11.3 Å². The summed E-state index contributed by atoms with van der Waals surface area (Å²) in [4.78, 5) is 36.6. The van der Waals surface area contributed by atoms with Gasteiger partial charge in [0.1, 0.15) is 0 Å². The molecule has 7 heteroatoms. The lowest BCUT2D eigenvalue weighted by molar-refractivity contribution is -0.120. The van der Waals surface area contributed by atoms with Gasteiger partial charge in [0.05, 0.1) is 0 Å². The van der Waals surface area contributed by atoms with Gasteiger partial charge in [-0.1, -0.05) is 55.6 Å². The van der Waals surface area contributed by atoms with E-state index >= 15 is 0 Å². The Bertz CT molecular complexity index is 1140. The van der Waals surface area contributed by atoms with Gasteiger partial charge in [0.2, 0.25) is 5.91 Å². The summed E-state index contributed by atoms with van der Waals surface area (Å²) in [7, 11) is 0. The van der Waals surface area contributed by atoms with Crippen molar-refractivity contribution in [2.45, 2.75) is 52.0 Å². The van der Waals surface area contributed by atoms with E-state index in [-0.39, 0.29) is 29.2 Å². The number of benzene rings is 2. The molecule has 0 unspecified atom stereocenters. The SMILES string of the molecule is CCC(=O)c1ccc(CNC(=O)c2cc(-c3ccc(NC(=O)C4CCCCC4)cc3)on2)cc1. The summed E-state index contributed by atoms with van der Waals surface area (Å²) < 4.78 is 5.36. The molecule has 1 aromatic heterocycles. The van der Waals surface area contributed by atoms with Crippen LogP contribution in [0.25, 0.3) is 11.3 Å². The standard InChI is InChI=1S/C27H29N3O4/c1-2-24(31)19-10-8-18(9-11-19)17-28-27(33)23-16-25(34-30-23)20-12-14-22(15-13-20)29-26(32)21-6-4-3-5-7-21/h8-16,21H,2-7,17H2,1H3,(H,28,33)(H,29,32). The van der Waals surface area contributed by atoms with Crippen LogP contribution in [0.15, 0.2) is 59.1 Å². The first-order chi connectivity index (χ1) is 16.5. The van der Waals surface area contributed by atoms with Crippen LogP contribution < -0.4 is 10.6 Å². The Kier molecular flexibility index (Phi) is 7.52. The molecule has 3 aromatic rings. The van der Waals surface area contributed by atoms with Crippen molar-refractivity contribution in [2.75, 3.05) is 5.32 Å². The smallest absolute Gasteiger partial charge is 0.273 e. The van der Waals surface area contributed by atoms with Crippen molar-refractivity contribution in [3.63, 3.8) is 0 Å². The molecule has 0 atom stereocenters. The quantitative estimate of drug-likeness (QED) is 0.440. The summed E-state index contributed by atoms with van der Waals surface area (Å²) in [5, 5.41) is 9.69. The van der Waals surface area contributed by atoms with E-state index < -0.39 is 0 Å². The minimum Gasteiger partial charge on any atom is -0.355 e. The Labute approximate surface area is 198 Å². The van der Waals surface area contributed by atoms with Gasteiger partial charge in [-0.25, -0.2) is 0 Å². The number of rotatable bonds is 8. The van der Waals surface area contributed by atoms with Crippen LogP contribution in [0.2, 0.25) is 0 Å². The maximum absolute atomic E-state index is 12.5. The predicted molar refractivity (Wildman–Crippen MR) is 129 cm³/mol. The third-order valence-corrected chi connectivity index (χ3v) is 6.21. The fourth-order valence-corrected chi connectivity index (χ4v) is 4.13. The molecule has 4 rings (SSSR count). The highest BCUT2D eigenvalue weighted by Gasteiger charge is 2.21. The monoisotopic (exact) mass is 459 g/mol. The number of hydrogen-bond acceptors (Lipinski definition) is 5. The van der Waals surface area contributed by atoms with Crippen LogP contribution in [0, 0.1) is 5.92 Å². The number of nitrogens with zero attached hydrogens (tertiary/aromatic N) is 1. The van der Waals surface area contributed by atoms with Crippen LogP contribution in [-0.2, 0) is 11.3 Å². The largest absolute Gasteiger partial charge is 0.355 e. The molecule has 2 amide bonds. The van der Waals surface area contributed by atoms with E-state index in [4.69, 9.17) is 4.52 Å². The van der Waals surface area contributed by atoms with Crippen molar-refractivity contribution < 1.29 is 18.9 Å². The highest BCUT2D eigenvalue weighted by atomic mass is 16.5. The van der Waals surface area contributed by atoms with Gasteiger partial charge in [-0.05, 0) is 42.7 Å². The lowest BCUT2D eigenvalue weighted by atomic mass is 9.88. The number of Topliss-reactive ketones (excluding diaryl/α,β-unsaturated/α-hetero) is 1.